The minimum atomic E-state index is 0.111. The van der Waals surface area contributed by atoms with E-state index < -0.39 is 0 Å². The molecule has 3 heteroatoms. The highest BCUT2D eigenvalue weighted by atomic mass is 15.3. The Morgan fingerprint density at radius 2 is 1.95 bits per heavy atom. The molecule has 1 aromatic rings. The summed E-state index contributed by atoms with van der Waals surface area (Å²) in [5, 5.41) is 0. The van der Waals surface area contributed by atoms with Crippen molar-refractivity contribution in [3.63, 3.8) is 0 Å². The summed E-state index contributed by atoms with van der Waals surface area (Å²) in [6.45, 7) is 11.0. The van der Waals surface area contributed by atoms with E-state index in [1.807, 2.05) is 0 Å². The van der Waals surface area contributed by atoms with E-state index in [1.165, 1.54) is 11.1 Å². The topological polar surface area (TPSA) is 32.5 Å². The van der Waals surface area contributed by atoms with Gasteiger partial charge in [-0.1, -0.05) is 24.3 Å². The van der Waals surface area contributed by atoms with Crippen LogP contribution in [0.1, 0.15) is 31.0 Å². The Bertz CT molecular complexity index is 428. The van der Waals surface area contributed by atoms with Gasteiger partial charge in [0.25, 0.3) is 0 Å². The van der Waals surface area contributed by atoms with Crippen LogP contribution in [-0.4, -0.2) is 48.6 Å². The van der Waals surface area contributed by atoms with E-state index in [4.69, 9.17) is 5.73 Å². The Morgan fingerprint density at radius 1 is 1.26 bits per heavy atom. The molecule has 19 heavy (non-hydrogen) atoms. The summed E-state index contributed by atoms with van der Waals surface area (Å²) in [5.41, 5.74) is 9.21. The zero-order valence-electron chi connectivity index (χ0n) is 12.7. The van der Waals surface area contributed by atoms with Gasteiger partial charge in [-0.05, 0) is 38.9 Å². The first kappa shape index (κ1) is 14.5. The van der Waals surface area contributed by atoms with Crippen LogP contribution >= 0.6 is 0 Å². The number of nitrogens with zero attached hydrogens (tertiary/aromatic N) is 2. The third kappa shape index (κ3) is 3.35. The van der Waals surface area contributed by atoms with E-state index in [9.17, 15) is 0 Å². The van der Waals surface area contributed by atoms with E-state index in [1.54, 1.807) is 0 Å². The first-order chi connectivity index (χ1) is 8.90. The first-order valence-electron chi connectivity index (χ1n) is 7.15. The van der Waals surface area contributed by atoms with E-state index >= 15 is 0 Å². The van der Waals surface area contributed by atoms with Crippen LogP contribution in [0, 0.1) is 6.92 Å². The normalized spacial score (nSPS) is 22.4. The maximum absolute atomic E-state index is 6.39. The monoisotopic (exact) mass is 261 g/mol. The molecule has 1 aromatic carbocycles. The fourth-order valence-corrected chi connectivity index (χ4v) is 2.88. The molecule has 0 bridgehead atoms. The summed E-state index contributed by atoms with van der Waals surface area (Å²) in [6.07, 6.45) is 0. The highest BCUT2D eigenvalue weighted by Crippen LogP contribution is 2.22. The van der Waals surface area contributed by atoms with Gasteiger partial charge in [-0.25, -0.2) is 0 Å². The number of hydrogen-bond donors (Lipinski definition) is 1. The van der Waals surface area contributed by atoms with Gasteiger partial charge in [0, 0.05) is 37.8 Å². The van der Waals surface area contributed by atoms with Crippen molar-refractivity contribution >= 4 is 0 Å². The number of likely N-dealkylation sites (N-methyl/N-ethyl adjacent to an activating group) is 1. The van der Waals surface area contributed by atoms with Crippen molar-refractivity contribution in [2.45, 2.75) is 32.4 Å². The minimum Gasteiger partial charge on any atom is -0.323 e. The molecule has 2 rings (SSSR count). The summed E-state index contributed by atoms with van der Waals surface area (Å²) in [4.78, 5) is 4.93. The highest BCUT2D eigenvalue weighted by molar-refractivity contribution is 5.28. The first-order valence-corrected chi connectivity index (χ1v) is 7.15. The van der Waals surface area contributed by atoms with Gasteiger partial charge < -0.3 is 5.73 Å². The molecular formula is C16H27N3. The summed E-state index contributed by atoms with van der Waals surface area (Å²) < 4.78 is 0. The van der Waals surface area contributed by atoms with E-state index in [2.05, 4.69) is 61.9 Å². The molecule has 0 spiro atoms. The summed E-state index contributed by atoms with van der Waals surface area (Å²) in [5.74, 6) is 0. The molecule has 0 saturated carbocycles. The summed E-state index contributed by atoms with van der Waals surface area (Å²) in [6, 6.07) is 8.56. The molecule has 0 radical (unpaired) electrons. The maximum Gasteiger partial charge on any atom is 0.0426 e. The fraction of sp³-hybridized carbons (Fsp3) is 0.625. The molecule has 1 unspecified atom stereocenters. The maximum atomic E-state index is 6.39. The Morgan fingerprint density at radius 3 is 2.58 bits per heavy atom. The van der Waals surface area contributed by atoms with Crippen LogP contribution in [0.25, 0.3) is 0 Å². The lowest BCUT2D eigenvalue weighted by molar-refractivity contribution is 0.0371. The Balaban J connectivity index is 2.00. The molecule has 1 fully saturated rings. The van der Waals surface area contributed by atoms with Gasteiger partial charge in [0.2, 0.25) is 0 Å². The number of hydrogen-bond acceptors (Lipinski definition) is 3. The predicted octanol–water partition coefficient (Wildman–Crippen LogP) is 2.02. The minimum absolute atomic E-state index is 0.111. The van der Waals surface area contributed by atoms with Gasteiger partial charge in [-0.2, -0.15) is 0 Å². The second-order valence-corrected chi connectivity index (χ2v) is 6.43. The van der Waals surface area contributed by atoms with Crippen molar-refractivity contribution in [2.75, 3.05) is 33.2 Å². The van der Waals surface area contributed by atoms with Crippen LogP contribution in [-0.2, 0) is 0 Å². The second kappa shape index (κ2) is 5.61. The average Bonchev–Trinajstić information content (AvgIpc) is 2.34. The summed E-state index contributed by atoms with van der Waals surface area (Å²) in [7, 11) is 2.21. The van der Waals surface area contributed by atoms with Gasteiger partial charge in [0.15, 0.2) is 0 Å². The zero-order valence-corrected chi connectivity index (χ0v) is 12.7. The lowest BCUT2D eigenvalue weighted by Gasteiger charge is -2.46. The van der Waals surface area contributed by atoms with E-state index in [0.717, 1.165) is 26.2 Å². The molecule has 1 heterocycles. The number of benzene rings is 1. The van der Waals surface area contributed by atoms with Crippen LogP contribution in [0.2, 0.25) is 0 Å². The van der Waals surface area contributed by atoms with Crippen LogP contribution in [0.3, 0.4) is 0 Å². The molecule has 3 nitrogen and oxygen atoms in total. The van der Waals surface area contributed by atoms with Crippen molar-refractivity contribution in [1.29, 1.82) is 0 Å². The van der Waals surface area contributed by atoms with Gasteiger partial charge in [-0.15, -0.1) is 0 Å². The Labute approximate surface area is 117 Å². The Kier molecular flexibility index (Phi) is 4.29. The molecule has 1 atom stereocenters. The fourth-order valence-electron chi connectivity index (χ4n) is 2.88. The largest absolute Gasteiger partial charge is 0.323 e. The molecule has 0 aromatic heterocycles. The predicted molar refractivity (Wildman–Crippen MR) is 81.3 cm³/mol. The third-order valence-electron chi connectivity index (χ3n) is 4.44. The molecule has 0 amide bonds. The zero-order chi connectivity index (χ0) is 14.0. The lowest BCUT2D eigenvalue weighted by Crippen LogP contribution is -2.58. The summed E-state index contributed by atoms with van der Waals surface area (Å²) >= 11 is 0. The number of nitrogens with two attached hydrogens (primary N) is 1. The molecule has 1 aliphatic heterocycles. The van der Waals surface area contributed by atoms with Gasteiger partial charge in [0.1, 0.15) is 0 Å². The van der Waals surface area contributed by atoms with E-state index in [-0.39, 0.29) is 11.6 Å². The quantitative estimate of drug-likeness (QED) is 0.903. The number of rotatable bonds is 3. The number of aryl methyl sites for hydroxylation is 1. The Hall–Kier alpha value is -0.900. The molecule has 2 N–H and O–H groups in total. The smallest absolute Gasteiger partial charge is 0.0426 e. The van der Waals surface area contributed by atoms with Gasteiger partial charge in [-0.3, -0.25) is 9.80 Å². The lowest BCUT2D eigenvalue weighted by atomic mass is 9.97. The SMILES string of the molecule is Cc1ccccc1C(N)CN1CCN(C)C(C)(C)C1. The van der Waals surface area contributed by atoms with Crippen molar-refractivity contribution in [1.82, 2.24) is 9.80 Å². The molecule has 106 valence electrons. The highest BCUT2D eigenvalue weighted by Gasteiger charge is 2.31. The second-order valence-electron chi connectivity index (χ2n) is 6.43. The van der Waals surface area contributed by atoms with Crippen LogP contribution in [0.4, 0.5) is 0 Å². The third-order valence-corrected chi connectivity index (χ3v) is 4.44. The van der Waals surface area contributed by atoms with Crippen LogP contribution in [0.15, 0.2) is 24.3 Å². The standard InChI is InChI=1S/C16H27N3/c1-13-7-5-6-8-14(13)15(17)11-19-10-9-18(4)16(2,3)12-19/h5-8,15H,9-12,17H2,1-4H3. The van der Waals surface area contributed by atoms with Crippen molar-refractivity contribution < 1.29 is 0 Å². The van der Waals surface area contributed by atoms with Crippen LogP contribution in [0.5, 0.6) is 0 Å². The van der Waals surface area contributed by atoms with Crippen molar-refractivity contribution in [2.24, 2.45) is 5.73 Å². The van der Waals surface area contributed by atoms with Crippen molar-refractivity contribution in [3.05, 3.63) is 35.4 Å². The van der Waals surface area contributed by atoms with Gasteiger partial charge >= 0.3 is 0 Å². The molecule has 1 aliphatic rings. The van der Waals surface area contributed by atoms with Crippen molar-refractivity contribution in [3.8, 4) is 0 Å². The van der Waals surface area contributed by atoms with E-state index in [0.29, 0.717) is 0 Å². The van der Waals surface area contributed by atoms with Crippen LogP contribution < -0.4 is 5.73 Å². The average molecular weight is 261 g/mol. The molecule has 1 saturated heterocycles. The number of piperazine rings is 1. The molecular weight excluding hydrogens is 234 g/mol. The molecule has 0 aliphatic carbocycles. The van der Waals surface area contributed by atoms with Gasteiger partial charge in [0.05, 0.1) is 0 Å².